The van der Waals surface area contributed by atoms with Gasteiger partial charge in [0, 0.05) is 11.1 Å². The Balaban J connectivity index is 0. The van der Waals surface area contributed by atoms with Gasteiger partial charge in [0.05, 0.1) is 0 Å². The molecule has 0 atom stereocenters. The minimum atomic E-state index is 0.938. The van der Waals surface area contributed by atoms with Crippen LogP contribution in [0.3, 0.4) is 0 Å². The first-order chi connectivity index (χ1) is 10.4. The summed E-state index contributed by atoms with van der Waals surface area (Å²) in [6.45, 7) is 9.84. The molecule has 0 aliphatic rings. The van der Waals surface area contributed by atoms with Crippen LogP contribution in [0.1, 0.15) is 45.7 Å². The van der Waals surface area contributed by atoms with Crippen LogP contribution in [0.2, 0.25) is 0 Å². The van der Waals surface area contributed by atoms with E-state index in [0.29, 0.717) is 0 Å². The Bertz CT molecular complexity index is 519. The van der Waals surface area contributed by atoms with E-state index in [0.717, 1.165) is 11.1 Å². The highest BCUT2D eigenvalue weighted by Crippen LogP contribution is 1.94. The monoisotopic (exact) mass is 278 g/mol. The lowest BCUT2D eigenvalue weighted by molar-refractivity contribution is 1.50. The minimum absolute atomic E-state index is 0.938. The normalized spacial score (nSPS) is 6.86. The number of hydrogen-bond acceptors (Lipinski definition) is 0. The van der Waals surface area contributed by atoms with Crippen LogP contribution in [0.5, 0.6) is 0 Å². The molecule has 0 unspecified atom stereocenters. The van der Waals surface area contributed by atoms with Crippen LogP contribution < -0.4 is 0 Å². The molecule has 0 heteroatoms. The largest absolute Gasteiger partial charge is 0.115 e. The maximum atomic E-state index is 5.10. The molecule has 0 fully saturated rings. The van der Waals surface area contributed by atoms with E-state index >= 15 is 0 Å². The third-order valence-corrected chi connectivity index (χ3v) is 1.98. The molecular weight excluding hydrogens is 252 g/mol. The molecule has 110 valence electrons. The van der Waals surface area contributed by atoms with Crippen molar-refractivity contribution in [3.05, 3.63) is 71.8 Å². The van der Waals surface area contributed by atoms with Crippen molar-refractivity contribution in [2.45, 2.75) is 34.6 Å². The molecule has 0 bridgehead atoms. The molecule has 0 N–H and O–H groups in total. The number of terminal acetylenes is 1. The van der Waals surface area contributed by atoms with Crippen LogP contribution in [-0.4, -0.2) is 0 Å². The molecule has 0 amide bonds. The summed E-state index contributed by atoms with van der Waals surface area (Å²) in [5.74, 6) is 8.32. The van der Waals surface area contributed by atoms with E-state index in [2.05, 4.69) is 17.8 Å². The quantitative estimate of drug-likeness (QED) is 0.536. The molecule has 2 aromatic rings. The Morgan fingerprint density at radius 2 is 1.05 bits per heavy atom. The molecule has 0 aromatic heterocycles. The number of benzene rings is 2. The SMILES string of the molecule is C#Cc1ccccc1.CC.CC.CC#Cc1ccccc1. The molecule has 0 aliphatic carbocycles. The van der Waals surface area contributed by atoms with Crippen molar-refractivity contribution in [3.63, 3.8) is 0 Å². The Kier molecular flexibility index (Phi) is 17.5. The molecule has 0 spiro atoms. The fraction of sp³-hybridized carbons (Fsp3) is 0.238. The van der Waals surface area contributed by atoms with Crippen LogP contribution in [0.15, 0.2) is 60.7 Å². The van der Waals surface area contributed by atoms with E-state index in [4.69, 9.17) is 6.42 Å². The van der Waals surface area contributed by atoms with E-state index in [1.807, 2.05) is 95.3 Å². The summed E-state index contributed by atoms with van der Waals surface area (Å²) in [6, 6.07) is 19.6. The Morgan fingerprint density at radius 3 is 1.33 bits per heavy atom. The first-order valence-corrected chi connectivity index (χ1v) is 7.36. The Hall–Kier alpha value is -2.44. The van der Waals surface area contributed by atoms with Gasteiger partial charge in [-0.3, -0.25) is 0 Å². The van der Waals surface area contributed by atoms with Crippen molar-refractivity contribution in [3.8, 4) is 24.2 Å². The average Bonchev–Trinajstić information content (AvgIpc) is 2.61. The second-order valence-corrected chi connectivity index (χ2v) is 3.25. The van der Waals surface area contributed by atoms with Crippen molar-refractivity contribution < 1.29 is 0 Å². The zero-order chi connectivity index (χ0) is 16.3. The molecule has 0 saturated carbocycles. The lowest BCUT2D eigenvalue weighted by atomic mass is 10.2. The van der Waals surface area contributed by atoms with E-state index in [-0.39, 0.29) is 0 Å². The van der Waals surface area contributed by atoms with Gasteiger partial charge in [-0.25, -0.2) is 0 Å². The van der Waals surface area contributed by atoms with Crippen LogP contribution in [0.25, 0.3) is 0 Å². The molecule has 0 aliphatic heterocycles. The maximum Gasteiger partial charge on any atom is 0.0245 e. The first kappa shape index (κ1) is 20.9. The third kappa shape index (κ3) is 12.3. The van der Waals surface area contributed by atoms with Gasteiger partial charge < -0.3 is 0 Å². The first-order valence-electron chi connectivity index (χ1n) is 7.36. The highest BCUT2D eigenvalue weighted by molar-refractivity contribution is 5.33. The standard InChI is InChI=1S/C9H8.C8H6.2C2H6/c1-2-6-9-7-4-3-5-8-9;1-2-8-6-4-3-5-7-8;2*1-2/h3-5,7-8H,1H3;1,3-7H;2*1-2H3. The highest BCUT2D eigenvalue weighted by Gasteiger charge is 1.77. The molecule has 0 radical (unpaired) electrons. The summed E-state index contributed by atoms with van der Waals surface area (Å²) in [5, 5.41) is 0. The third-order valence-electron chi connectivity index (χ3n) is 1.98. The van der Waals surface area contributed by atoms with Crippen molar-refractivity contribution in [1.82, 2.24) is 0 Å². The summed E-state index contributed by atoms with van der Waals surface area (Å²) < 4.78 is 0. The highest BCUT2D eigenvalue weighted by atomic mass is 13.8. The van der Waals surface area contributed by atoms with E-state index in [1.165, 1.54) is 0 Å². The minimum Gasteiger partial charge on any atom is -0.115 e. The van der Waals surface area contributed by atoms with Gasteiger partial charge in [-0.15, -0.1) is 12.3 Å². The lowest BCUT2D eigenvalue weighted by Gasteiger charge is -1.83. The Morgan fingerprint density at radius 1 is 0.667 bits per heavy atom. The van der Waals surface area contributed by atoms with Gasteiger partial charge in [0.1, 0.15) is 0 Å². The number of rotatable bonds is 0. The predicted molar refractivity (Wildman–Crippen MR) is 96.1 cm³/mol. The van der Waals surface area contributed by atoms with Gasteiger partial charge in [0.25, 0.3) is 0 Å². The van der Waals surface area contributed by atoms with Gasteiger partial charge >= 0.3 is 0 Å². The predicted octanol–water partition coefficient (Wildman–Crippen LogP) is 5.78. The van der Waals surface area contributed by atoms with Gasteiger partial charge in [0.15, 0.2) is 0 Å². The zero-order valence-corrected chi connectivity index (χ0v) is 13.9. The van der Waals surface area contributed by atoms with Gasteiger partial charge in [-0.1, -0.05) is 75.9 Å². The molecule has 0 nitrogen and oxygen atoms in total. The molecule has 0 heterocycles. The fourth-order valence-electron chi connectivity index (χ4n) is 1.20. The summed E-state index contributed by atoms with van der Waals surface area (Å²) in [5.41, 5.74) is 2.02. The van der Waals surface area contributed by atoms with Crippen molar-refractivity contribution in [2.75, 3.05) is 0 Å². The average molecular weight is 278 g/mol. The topological polar surface area (TPSA) is 0 Å². The van der Waals surface area contributed by atoms with Crippen molar-refractivity contribution >= 4 is 0 Å². The maximum absolute atomic E-state index is 5.10. The molecule has 0 saturated heterocycles. The Labute approximate surface area is 131 Å². The number of hydrogen-bond donors (Lipinski definition) is 0. The van der Waals surface area contributed by atoms with Gasteiger partial charge in [-0.2, -0.15) is 0 Å². The van der Waals surface area contributed by atoms with Crippen LogP contribution in [0, 0.1) is 24.2 Å². The van der Waals surface area contributed by atoms with Crippen LogP contribution in [0.4, 0.5) is 0 Å². The molecule has 2 rings (SSSR count). The second kappa shape index (κ2) is 17.6. The van der Waals surface area contributed by atoms with Crippen LogP contribution >= 0.6 is 0 Å². The summed E-state index contributed by atoms with van der Waals surface area (Å²) in [7, 11) is 0. The van der Waals surface area contributed by atoms with E-state index < -0.39 is 0 Å². The summed E-state index contributed by atoms with van der Waals surface area (Å²) >= 11 is 0. The second-order valence-electron chi connectivity index (χ2n) is 3.25. The van der Waals surface area contributed by atoms with Gasteiger partial charge in [-0.05, 0) is 31.2 Å². The van der Waals surface area contributed by atoms with Crippen molar-refractivity contribution in [2.24, 2.45) is 0 Å². The molecular formula is C21H26. The summed E-state index contributed by atoms with van der Waals surface area (Å²) in [6.07, 6.45) is 5.10. The van der Waals surface area contributed by atoms with Gasteiger partial charge in [0.2, 0.25) is 0 Å². The van der Waals surface area contributed by atoms with Crippen molar-refractivity contribution in [1.29, 1.82) is 0 Å². The fourth-order valence-corrected chi connectivity index (χ4v) is 1.20. The summed E-state index contributed by atoms with van der Waals surface area (Å²) in [4.78, 5) is 0. The molecule has 21 heavy (non-hydrogen) atoms. The zero-order valence-electron chi connectivity index (χ0n) is 13.9. The van der Waals surface area contributed by atoms with Crippen LogP contribution in [-0.2, 0) is 0 Å². The van der Waals surface area contributed by atoms with E-state index in [9.17, 15) is 0 Å². The smallest absolute Gasteiger partial charge is 0.0245 e. The van der Waals surface area contributed by atoms with E-state index in [1.54, 1.807) is 0 Å². The lowest BCUT2D eigenvalue weighted by Crippen LogP contribution is -1.67. The molecule has 2 aromatic carbocycles.